The maximum absolute atomic E-state index is 11.3. The summed E-state index contributed by atoms with van der Waals surface area (Å²) in [5.74, 6) is 0.404. The monoisotopic (exact) mass is 288 g/mol. The summed E-state index contributed by atoms with van der Waals surface area (Å²) in [6.45, 7) is 6.47. The summed E-state index contributed by atoms with van der Waals surface area (Å²) in [7, 11) is -0.967. The highest BCUT2D eigenvalue weighted by Crippen LogP contribution is 2.28. The van der Waals surface area contributed by atoms with E-state index < -0.39 is 15.7 Å². The lowest BCUT2D eigenvalue weighted by Gasteiger charge is -2.12. The van der Waals surface area contributed by atoms with E-state index in [0.29, 0.717) is 24.6 Å². The molecule has 0 saturated heterocycles. The Bertz CT molecular complexity index is 487. The molecule has 108 valence electrons. The van der Waals surface area contributed by atoms with Gasteiger partial charge in [0.15, 0.2) is 0 Å². The summed E-state index contributed by atoms with van der Waals surface area (Å²) in [5, 5.41) is 18.2. The highest BCUT2D eigenvalue weighted by atomic mass is 32.2. The maximum atomic E-state index is 11.3. The quantitative estimate of drug-likeness (QED) is 0.609. The van der Waals surface area contributed by atoms with Gasteiger partial charge in [-0.05, 0) is 20.3 Å². The summed E-state index contributed by atoms with van der Waals surface area (Å²) >= 11 is 0. The highest BCUT2D eigenvalue weighted by Gasteiger charge is 2.25. The van der Waals surface area contributed by atoms with Gasteiger partial charge in [-0.2, -0.15) is 5.10 Å². The van der Waals surface area contributed by atoms with Gasteiger partial charge in [-0.1, -0.05) is 6.92 Å². The lowest BCUT2D eigenvalue weighted by atomic mass is 10.3. The lowest BCUT2D eigenvalue weighted by molar-refractivity contribution is -0.384. The number of hydrogen-bond donors (Lipinski definition) is 1. The van der Waals surface area contributed by atoms with Crippen molar-refractivity contribution in [3.05, 3.63) is 15.8 Å². The molecular weight excluding hydrogens is 268 g/mol. The van der Waals surface area contributed by atoms with Crippen molar-refractivity contribution in [3.8, 4) is 0 Å². The van der Waals surface area contributed by atoms with Crippen LogP contribution in [0.15, 0.2) is 0 Å². The molecule has 2 atom stereocenters. The molecule has 1 N–H and O–H groups in total. The Hall–Kier alpha value is -1.44. The van der Waals surface area contributed by atoms with E-state index in [2.05, 4.69) is 10.4 Å². The van der Waals surface area contributed by atoms with Crippen LogP contribution in [0.5, 0.6) is 0 Å². The van der Waals surface area contributed by atoms with Crippen LogP contribution >= 0.6 is 0 Å². The first-order chi connectivity index (χ1) is 8.88. The number of nitrogens with zero attached hydrogens (tertiary/aromatic N) is 3. The van der Waals surface area contributed by atoms with Gasteiger partial charge in [0.2, 0.25) is 5.82 Å². The molecule has 0 aliphatic heterocycles. The minimum atomic E-state index is -0.967. The Morgan fingerprint density at radius 2 is 2.21 bits per heavy atom. The van der Waals surface area contributed by atoms with Crippen LogP contribution in [0, 0.1) is 17.0 Å². The van der Waals surface area contributed by atoms with Gasteiger partial charge >= 0.3 is 5.69 Å². The Labute approximate surface area is 115 Å². The second-order valence-corrected chi connectivity index (χ2v) is 6.25. The molecule has 0 fully saturated rings. The van der Waals surface area contributed by atoms with E-state index >= 15 is 0 Å². The second-order valence-electron chi connectivity index (χ2n) is 4.45. The number of rotatable bonds is 7. The largest absolute Gasteiger partial charge is 0.363 e. The molecule has 8 heteroatoms. The normalized spacial score (nSPS) is 14.1. The summed E-state index contributed by atoms with van der Waals surface area (Å²) < 4.78 is 12.9. The number of aromatic nitrogens is 2. The molecule has 0 aliphatic carbocycles. The van der Waals surface area contributed by atoms with Gasteiger partial charge in [0.1, 0.15) is 5.69 Å². The van der Waals surface area contributed by atoms with Crippen LogP contribution in [0.1, 0.15) is 26.0 Å². The molecule has 0 spiro atoms. The summed E-state index contributed by atoms with van der Waals surface area (Å²) in [6.07, 6.45) is 2.46. The molecule has 0 saturated carbocycles. The number of anilines is 1. The number of hydrogen-bond acceptors (Lipinski definition) is 5. The molecule has 1 aromatic heterocycles. The molecule has 0 radical (unpaired) electrons. The minimum Gasteiger partial charge on any atom is -0.363 e. The molecule has 0 bridgehead atoms. The Morgan fingerprint density at radius 3 is 2.68 bits per heavy atom. The highest BCUT2D eigenvalue weighted by molar-refractivity contribution is 7.84. The van der Waals surface area contributed by atoms with E-state index in [1.165, 1.54) is 0 Å². The SMILES string of the molecule is CCCn1nc(C)c([N+](=O)[O-])c1NCC(C)S(C)=O. The molecule has 0 aromatic carbocycles. The third kappa shape index (κ3) is 3.76. The van der Waals surface area contributed by atoms with Gasteiger partial charge in [-0.3, -0.25) is 14.3 Å². The molecular formula is C11H20N4O3S. The number of nitrogens with one attached hydrogen (secondary N) is 1. The van der Waals surface area contributed by atoms with Gasteiger partial charge in [0.05, 0.1) is 4.92 Å². The Morgan fingerprint density at radius 1 is 1.58 bits per heavy atom. The standard InChI is InChI=1S/C11H20N4O3S/c1-5-6-14-11(12-7-8(2)19(4)18)10(15(16)17)9(3)13-14/h8,12H,5-7H2,1-4H3. The second kappa shape index (κ2) is 6.65. The van der Waals surface area contributed by atoms with Crippen molar-refractivity contribution in [1.29, 1.82) is 0 Å². The van der Waals surface area contributed by atoms with Crippen LogP contribution in [-0.2, 0) is 17.3 Å². The third-order valence-electron chi connectivity index (χ3n) is 2.84. The van der Waals surface area contributed by atoms with Crippen molar-refractivity contribution in [2.75, 3.05) is 18.1 Å². The fraction of sp³-hybridized carbons (Fsp3) is 0.727. The van der Waals surface area contributed by atoms with Crippen LogP contribution in [0.3, 0.4) is 0 Å². The van der Waals surface area contributed by atoms with E-state index in [9.17, 15) is 14.3 Å². The summed E-state index contributed by atoms with van der Waals surface area (Å²) in [5.41, 5.74) is 0.397. The predicted octanol–water partition coefficient (Wildman–Crippen LogP) is 1.69. The van der Waals surface area contributed by atoms with Crippen molar-refractivity contribution >= 4 is 22.3 Å². The topological polar surface area (TPSA) is 90.1 Å². The van der Waals surface area contributed by atoms with E-state index in [0.717, 1.165) is 6.42 Å². The molecule has 0 aliphatic rings. The minimum absolute atomic E-state index is 0.00235. The van der Waals surface area contributed by atoms with E-state index in [1.54, 1.807) is 17.9 Å². The zero-order valence-electron chi connectivity index (χ0n) is 11.7. The van der Waals surface area contributed by atoms with E-state index in [1.807, 2.05) is 13.8 Å². The first kappa shape index (κ1) is 15.6. The smallest absolute Gasteiger partial charge is 0.333 e. The molecule has 7 nitrogen and oxygen atoms in total. The molecule has 1 heterocycles. The van der Waals surface area contributed by atoms with Crippen LogP contribution in [0.2, 0.25) is 0 Å². The fourth-order valence-electron chi connectivity index (χ4n) is 1.70. The molecule has 1 rings (SSSR count). The lowest BCUT2D eigenvalue weighted by Crippen LogP contribution is -2.22. The van der Waals surface area contributed by atoms with Crippen LogP contribution in [0.4, 0.5) is 11.5 Å². The van der Waals surface area contributed by atoms with Crippen LogP contribution < -0.4 is 5.32 Å². The van der Waals surface area contributed by atoms with Crippen LogP contribution in [-0.4, -0.2) is 37.0 Å². The first-order valence-electron chi connectivity index (χ1n) is 6.16. The van der Waals surface area contributed by atoms with Gasteiger partial charge in [0.25, 0.3) is 0 Å². The zero-order valence-corrected chi connectivity index (χ0v) is 12.5. The van der Waals surface area contributed by atoms with Gasteiger partial charge < -0.3 is 5.32 Å². The summed E-state index contributed by atoms with van der Waals surface area (Å²) in [6, 6.07) is 0. The summed E-state index contributed by atoms with van der Waals surface area (Å²) in [4.78, 5) is 10.7. The van der Waals surface area contributed by atoms with Crippen molar-refractivity contribution in [1.82, 2.24) is 9.78 Å². The molecule has 0 amide bonds. The molecule has 19 heavy (non-hydrogen) atoms. The Kier molecular flexibility index (Phi) is 5.46. The van der Waals surface area contributed by atoms with Crippen molar-refractivity contribution in [2.24, 2.45) is 0 Å². The van der Waals surface area contributed by atoms with Gasteiger partial charge in [0, 0.05) is 35.4 Å². The van der Waals surface area contributed by atoms with Gasteiger partial charge in [-0.15, -0.1) is 0 Å². The maximum Gasteiger partial charge on any atom is 0.333 e. The Balaban J connectivity index is 3.01. The van der Waals surface area contributed by atoms with Crippen molar-refractivity contribution in [2.45, 2.75) is 39.0 Å². The predicted molar refractivity (Wildman–Crippen MR) is 75.9 cm³/mol. The zero-order chi connectivity index (χ0) is 14.6. The van der Waals surface area contributed by atoms with Crippen molar-refractivity contribution < 1.29 is 9.13 Å². The first-order valence-corrected chi connectivity index (χ1v) is 7.78. The average Bonchev–Trinajstić information content (AvgIpc) is 2.62. The third-order valence-corrected chi connectivity index (χ3v) is 4.14. The van der Waals surface area contributed by atoms with Gasteiger partial charge in [-0.25, -0.2) is 4.68 Å². The van der Waals surface area contributed by atoms with E-state index in [-0.39, 0.29) is 10.9 Å². The number of aryl methyl sites for hydroxylation is 2. The molecule has 2 unspecified atom stereocenters. The number of nitro groups is 1. The molecule has 1 aromatic rings. The van der Waals surface area contributed by atoms with Crippen LogP contribution in [0.25, 0.3) is 0 Å². The fourth-order valence-corrected chi connectivity index (χ4v) is 2.01. The van der Waals surface area contributed by atoms with E-state index in [4.69, 9.17) is 0 Å². The average molecular weight is 288 g/mol. The van der Waals surface area contributed by atoms with Crippen molar-refractivity contribution in [3.63, 3.8) is 0 Å².